The van der Waals surface area contributed by atoms with Crippen LogP contribution in [-0.2, 0) is 0 Å². The normalized spacial score (nSPS) is 20.2. The molecule has 1 amide bonds. The van der Waals surface area contributed by atoms with Crippen LogP contribution in [0, 0.1) is 0 Å². The molecule has 138 valence electrons. The van der Waals surface area contributed by atoms with Gasteiger partial charge in [0.05, 0.1) is 6.61 Å². The van der Waals surface area contributed by atoms with Crippen molar-refractivity contribution in [3.63, 3.8) is 0 Å². The maximum absolute atomic E-state index is 13.0. The van der Waals surface area contributed by atoms with Crippen molar-refractivity contribution in [2.45, 2.75) is 31.9 Å². The molecule has 0 aliphatic carbocycles. The number of rotatable bonds is 5. The van der Waals surface area contributed by atoms with Crippen molar-refractivity contribution in [3.05, 3.63) is 23.8 Å². The molecule has 0 spiro atoms. The fraction of sp³-hybridized carbons (Fsp3) is 0.429. The van der Waals surface area contributed by atoms with Gasteiger partial charge in [-0.3, -0.25) is 4.79 Å². The fourth-order valence-electron chi connectivity index (χ4n) is 2.11. The average Bonchev–Trinajstić information content (AvgIpc) is 2.91. The third-order valence-electron chi connectivity index (χ3n) is 3.28. The van der Waals surface area contributed by atoms with Gasteiger partial charge in [-0.15, -0.1) is 0 Å². The quantitative estimate of drug-likeness (QED) is 0.812. The van der Waals surface area contributed by atoms with Crippen LogP contribution in [0.2, 0.25) is 0 Å². The second kappa shape index (κ2) is 6.82. The number of amides is 1. The van der Waals surface area contributed by atoms with E-state index in [9.17, 15) is 31.9 Å². The van der Waals surface area contributed by atoms with E-state index in [2.05, 4.69) is 9.84 Å². The molecule has 25 heavy (non-hydrogen) atoms. The van der Waals surface area contributed by atoms with Gasteiger partial charge in [0.1, 0.15) is 0 Å². The van der Waals surface area contributed by atoms with E-state index < -0.39 is 30.8 Å². The maximum Gasteiger partial charge on any atom is 0.438 e. The SMILES string of the molecule is CCOc1cc(C(=O)N2N=CC[C@@]2(O)C(F)(F)F)ccc1OC(F)F. The molecule has 1 N–H and O–H groups in total. The van der Waals surface area contributed by atoms with E-state index in [1.165, 1.54) is 6.92 Å². The van der Waals surface area contributed by atoms with E-state index in [0.29, 0.717) is 0 Å². The zero-order chi connectivity index (χ0) is 18.8. The smallest absolute Gasteiger partial charge is 0.438 e. The molecule has 6 nitrogen and oxygen atoms in total. The van der Waals surface area contributed by atoms with Gasteiger partial charge in [-0.05, 0) is 25.1 Å². The minimum Gasteiger partial charge on any atom is -0.490 e. The maximum atomic E-state index is 13.0. The van der Waals surface area contributed by atoms with E-state index in [4.69, 9.17) is 4.74 Å². The topological polar surface area (TPSA) is 71.4 Å². The van der Waals surface area contributed by atoms with Crippen LogP contribution in [0.4, 0.5) is 22.0 Å². The highest BCUT2D eigenvalue weighted by molar-refractivity contribution is 5.96. The minimum atomic E-state index is -5.14. The predicted octanol–water partition coefficient (Wildman–Crippen LogP) is 2.77. The second-order valence-electron chi connectivity index (χ2n) is 4.91. The summed E-state index contributed by atoms with van der Waals surface area (Å²) in [5.74, 6) is -1.92. The van der Waals surface area contributed by atoms with Crippen molar-refractivity contribution in [2.75, 3.05) is 6.61 Å². The van der Waals surface area contributed by atoms with Gasteiger partial charge >= 0.3 is 12.8 Å². The predicted molar refractivity (Wildman–Crippen MR) is 74.5 cm³/mol. The molecule has 0 aromatic heterocycles. The third-order valence-corrected chi connectivity index (χ3v) is 3.28. The summed E-state index contributed by atoms with van der Waals surface area (Å²) < 4.78 is 73.0. The van der Waals surface area contributed by atoms with Gasteiger partial charge < -0.3 is 14.6 Å². The minimum absolute atomic E-state index is 0.0333. The standard InChI is InChI=1S/C14H13F5N2O4/c1-2-24-10-7-8(3-4-9(10)25-12(15)16)11(22)21-13(23,5-6-20-21)14(17,18)19/h3-4,6-7,12,23H,2,5H2,1H3/t13-/m1/s1. The van der Waals surface area contributed by atoms with E-state index in [1.807, 2.05) is 0 Å². The van der Waals surface area contributed by atoms with Crippen molar-refractivity contribution < 1.29 is 41.3 Å². The van der Waals surface area contributed by atoms with Crippen molar-refractivity contribution >= 4 is 12.1 Å². The second-order valence-corrected chi connectivity index (χ2v) is 4.91. The zero-order valence-electron chi connectivity index (χ0n) is 12.8. The Labute approximate surface area is 138 Å². The van der Waals surface area contributed by atoms with Crippen LogP contribution in [0.3, 0.4) is 0 Å². The number of alkyl halides is 5. The largest absolute Gasteiger partial charge is 0.490 e. The van der Waals surface area contributed by atoms with Crippen LogP contribution in [0.25, 0.3) is 0 Å². The first-order valence-electron chi connectivity index (χ1n) is 6.98. The molecule has 1 aromatic rings. The molecule has 1 aliphatic heterocycles. The molecule has 11 heteroatoms. The van der Waals surface area contributed by atoms with Gasteiger partial charge in [-0.2, -0.15) is 32.1 Å². The van der Waals surface area contributed by atoms with Gasteiger partial charge in [0.2, 0.25) is 0 Å². The van der Waals surface area contributed by atoms with Gasteiger partial charge in [-0.25, -0.2) is 0 Å². The first-order chi connectivity index (χ1) is 11.6. The number of ether oxygens (including phenoxy) is 2. The summed E-state index contributed by atoms with van der Waals surface area (Å²) in [6.45, 7) is -1.58. The summed E-state index contributed by atoms with van der Waals surface area (Å²) in [5.41, 5.74) is -3.83. The Bertz CT molecular complexity index is 680. The number of aliphatic hydroxyl groups is 1. The molecule has 0 unspecified atom stereocenters. The van der Waals surface area contributed by atoms with Crippen LogP contribution in [0.5, 0.6) is 11.5 Å². The number of carbonyl (C=O) groups is 1. The summed E-state index contributed by atoms with van der Waals surface area (Å²) in [6.07, 6.45) is -5.31. The Hall–Kier alpha value is -2.43. The Balaban J connectivity index is 2.36. The highest BCUT2D eigenvalue weighted by atomic mass is 19.4. The number of benzene rings is 1. The summed E-state index contributed by atoms with van der Waals surface area (Å²) >= 11 is 0. The van der Waals surface area contributed by atoms with Crippen molar-refractivity contribution in [1.29, 1.82) is 0 Å². The van der Waals surface area contributed by atoms with E-state index in [-0.39, 0.29) is 28.7 Å². The number of hydrogen-bond acceptors (Lipinski definition) is 5. The molecule has 1 aliphatic rings. The molecule has 1 aromatic carbocycles. The van der Waals surface area contributed by atoms with Crippen molar-refractivity contribution in [3.8, 4) is 11.5 Å². The average molecular weight is 368 g/mol. The highest BCUT2D eigenvalue weighted by Gasteiger charge is 2.61. The lowest BCUT2D eigenvalue weighted by atomic mass is 10.1. The Kier molecular flexibility index (Phi) is 5.16. The molecule has 0 bridgehead atoms. The summed E-state index contributed by atoms with van der Waals surface area (Å²) in [4.78, 5) is 12.3. The number of nitrogens with zero attached hydrogens (tertiary/aromatic N) is 2. The zero-order valence-corrected chi connectivity index (χ0v) is 12.8. The number of carbonyl (C=O) groups excluding carboxylic acids is 1. The highest BCUT2D eigenvalue weighted by Crippen LogP contribution is 2.40. The lowest BCUT2D eigenvalue weighted by molar-refractivity contribution is -0.297. The molecule has 1 heterocycles. The summed E-state index contributed by atoms with van der Waals surface area (Å²) in [5, 5.41) is 12.9. The van der Waals surface area contributed by atoms with Gasteiger partial charge in [-0.1, -0.05) is 0 Å². The van der Waals surface area contributed by atoms with Crippen molar-refractivity contribution in [1.82, 2.24) is 5.01 Å². The molecule has 2 rings (SSSR count). The van der Waals surface area contributed by atoms with Crippen molar-refractivity contribution in [2.24, 2.45) is 5.10 Å². The Morgan fingerprint density at radius 3 is 2.64 bits per heavy atom. The first kappa shape index (κ1) is 18.9. The Morgan fingerprint density at radius 2 is 2.08 bits per heavy atom. The molecule has 0 radical (unpaired) electrons. The summed E-state index contributed by atoms with van der Waals surface area (Å²) in [6, 6.07) is 2.86. The molecule has 0 fully saturated rings. The lowest BCUT2D eigenvalue weighted by Crippen LogP contribution is -2.56. The third kappa shape index (κ3) is 3.65. The van der Waals surface area contributed by atoms with Gasteiger partial charge in [0, 0.05) is 18.2 Å². The Morgan fingerprint density at radius 1 is 1.40 bits per heavy atom. The fourth-order valence-corrected chi connectivity index (χ4v) is 2.11. The molecular formula is C14H13F5N2O4. The van der Waals surface area contributed by atoms with Gasteiger partial charge in [0.25, 0.3) is 11.6 Å². The molecule has 0 saturated heterocycles. The van der Waals surface area contributed by atoms with Crippen LogP contribution in [0.15, 0.2) is 23.3 Å². The van der Waals surface area contributed by atoms with Crippen LogP contribution in [-0.4, -0.2) is 47.4 Å². The molecule has 0 saturated carbocycles. The van der Waals surface area contributed by atoms with Crippen LogP contribution >= 0.6 is 0 Å². The molecule has 1 atom stereocenters. The van der Waals surface area contributed by atoms with E-state index >= 15 is 0 Å². The number of hydrogen-bond donors (Lipinski definition) is 1. The van der Waals surface area contributed by atoms with Crippen LogP contribution < -0.4 is 9.47 Å². The summed E-state index contributed by atoms with van der Waals surface area (Å²) in [7, 11) is 0. The number of halogens is 5. The van der Waals surface area contributed by atoms with E-state index in [1.54, 1.807) is 0 Å². The number of hydrazone groups is 1. The van der Waals surface area contributed by atoms with E-state index in [0.717, 1.165) is 24.4 Å². The lowest BCUT2D eigenvalue weighted by Gasteiger charge is -2.32. The monoisotopic (exact) mass is 368 g/mol. The van der Waals surface area contributed by atoms with Gasteiger partial charge in [0.15, 0.2) is 11.5 Å². The van der Waals surface area contributed by atoms with Crippen LogP contribution in [0.1, 0.15) is 23.7 Å². The first-order valence-corrected chi connectivity index (χ1v) is 6.98. The molecular weight excluding hydrogens is 355 g/mol.